The van der Waals surface area contributed by atoms with E-state index in [2.05, 4.69) is 72.8 Å². The first-order valence-corrected chi connectivity index (χ1v) is 26.6. The number of carbonyl (C=O) groups is 2. The standard InChI is InChI=1S/C61H82N4O7/c1-6-63-53(29-24-39(2)14-10-18-42-16-8-7-9-17-42)40(3)15-11-22-46(38-66)50-31-33-61(57(50)70)52-28-27-47(67)35-44-20-12-19-43(34-44)25-26-48(68)37-64-56-55-45(21-13-23-51(55)58(62)65-59(56)71)36-54(69)41(4)49(52)30-32-60(61,5)72/h7-9,11-13,15-17,19-24,34,47-48,50,52-53,56-58,63-64,66-68,70,72H,3,6,10,14,18,25-33,35-38,62H2,1-2,4-5H3,(H,65,71)/b15-11+,39-24-,46-22-,49-41+/t47-,48-,50+,52+,53-,56-,57+,58-,60+,61+/m0/s1. The number of amides is 1. The average molecular weight is 983 g/mol. The highest BCUT2D eigenvalue weighted by molar-refractivity contribution is 5.98. The van der Waals surface area contributed by atoms with E-state index in [0.717, 1.165) is 54.5 Å². The number of aliphatic hydroxyl groups excluding tert-OH is 4. The van der Waals surface area contributed by atoms with Gasteiger partial charge in [-0.05, 0) is 167 Å². The van der Waals surface area contributed by atoms with Gasteiger partial charge < -0.3 is 41.9 Å². The first-order chi connectivity index (χ1) is 34.6. The van der Waals surface area contributed by atoms with E-state index in [1.54, 1.807) is 0 Å². The summed E-state index contributed by atoms with van der Waals surface area (Å²) in [6, 6.07) is 23.3. The molecule has 0 radical (unpaired) electrons. The number of likely N-dealkylation sites (N-methyl/N-ethyl adjacent to an activating group) is 1. The lowest BCUT2D eigenvalue weighted by Crippen LogP contribution is -2.59. The van der Waals surface area contributed by atoms with Crippen molar-refractivity contribution in [1.82, 2.24) is 16.0 Å². The molecule has 11 heteroatoms. The van der Waals surface area contributed by atoms with E-state index < -0.39 is 53.4 Å². The average Bonchev–Trinajstić information content (AvgIpc) is 3.70. The first kappa shape index (κ1) is 54.9. The zero-order valence-corrected chi connectivity index (χ0v) is 43.2. The molecule has 4 aliphatic rings. The SMILES string of the molecule is C=C(/C=C/C=C(/CO)[C@H]1CC[C@@]2([C@@H]3CC[C@H](O)Cc4cccc(c4)CC[C@H](O)CN[C@@H]4C(=O)N[C@H](N)c5cccc(c54)CC(=O)/C(C)=C/3CC[C@@]2(C)O)[C@@H]1O)[C@H](C/C=C(/C)CCCc1ccccc1)NCC. The molecule has 10 atom stereocenters. The Labute approximate surface area is 428 Å². The van der Waals surface area contributed by atoms with Crippen LogP contribution in [0, 0.1) is 17.3 Å². The monoisotopic (exact) mass is 983 g/mol. The van der Waals surface area contributed by atoms with Gasteiger partial charge in [0.05, 0.1) is 30.5 Å². The number of β-amino-alcohol motifs (C(OH)–C–C–N with tert-alkyl or cyclic N) is 1. The lowest BCUT2D eigenvalue weighted by molar-refractivity contribution is -0.168. The predicted molar refractivity (Wildman–Crippen MR) is 287 cm³/mol. The van der Waals surface area contributed by atoms with Crippen LogP contribution in [-0.2, 0) is 35.3 Å². The molecule has 0 unspecified atom stereocenters. The van der Waals surface area contributed by atoms with E-state index in [-0.39, 0.29) is 37.3 Å². The Bertz CT molecular complexity index is 2490. The fourth-order valence-corrected chi connectivity index (χ4v) is 12.6. The molecular weight excluding hydrogens is 901 g/mol. The maximum atomic E-state index is 14.8. The number of nitrogens with two attached hydrogens (primary N) is 1. The Morgan fingerprint density at radius 2 is 1.72 bits per heavy atom. The molecule has 0 aromatic heterocycles. The molecule has 7 rings (SSSR count). The highest BCUT2D eigenvalue weighted by Crippen LogP contribution is 2.63. The van der Waals surface area contributed by atoms with Crippen LogP contribution in [0.25, 0.3) is 0 Å². The Hall–Kier alpha value is -4.82. The molecule has 2 aliphatic heterocycles. The summed E-state index contributed by atoms with van der Waals surface area (Å²) in [5, 5.41) is 69.1. The summed E-state index contributed by atoms with van der Waals surface area (Å²) in [4.78, 5) is 28.4. The first-order valence-electron chi connectivity index (χ1n) is 26.6. The molecule has 10 N–H and O–H groups in total. The van der Waals surface area contributed by atoms with Crippen molar-refractivity contribution >= 4 is 11.7 Å². The lowest BCUT2D eigenvalue weighted by atomic mass is 9.52. The molecular formula is C61H82N4O7. The van der Waals surface area contributed by atoms with Crippen molar-refractivity contribution in [2.45, 2.75) is 160 Å². The molecule has 3 aromatic carbocycles. The molecule has 1 amide bonds. The van der Waals surface area contributed by atoms with Crippen molar-refractivity contribution in [2.75, 3.05) is 19.7 Å². The van der Waals surface area contributed by atoms with Gasteiger partial charge in [-0.2, -0.15) is 0 Å². The summed E-state index contributed by atoms with van der Waals surface area (Å²) in [6.45, 7) is 13.0. The Morgan fingerprint density at radius 1 is 0.958 bits per heavy atom. The van der Waals surface area contributed by atoms with E-state index in [4.69, 9.17) is 5.73 Å². The van der Waals surface area contributed by atoms with E-state index in [9.17, 15) is 35.1 Å². The largest absolute Gasteiger partial charge is 0.393 e. The van der Waals surface area contributed by atoms with Gasteiger partial charge in [-0.25, -0.2) is 0 Å². The fourth-order valence-electron chi connectivity index (χ4n) is 12.6. The summed E-state index contributed by atoms with van der Waals surface area (Å²) in [5.74, 6) is -1.41. The number of Topliss-reactive ketones (excluding diaryl/α,β-unsaturated/α-hetero) is 1. The fraction of sp³-hybridized carbons (Fsp3) is 0.508. The van der Waals surface area contributed by atoms with Crippen LogP contribution in [-0.4, -0.2) is 86.9 Å². The van der Waals surface area contributed by atoms with Crippen LogP contribution >= 0.6 is 0 Å². The van der Waals surface area contributed by atoms with Crippen LogP contribution in [0.1, 0.15) is 137 Å². The summed E-state index contributed by atoms with van der Waals surface area (Å²) in [5.41, 5.74) is 13.7. The normalized spacial score (nSPS) is 30.4. The number of rotatable bonds is 13. The van der Waals surface area contributed by atoms with E-state index in [0.29, 0.717) is 85.6 Å². The lowest BCUT2D eigenvalue weighted by Gasteiger charge is -2.56. The molecule has 72 heavy (non-hydrogen) atoms. The molecule has 2 aliphatic carbocycles. The van der Waals surface area contributed by atoms with E-state index >= 15 is 0 Å². The topological polar surface area (TPSA) is 197 Å². The van der Waals surface area contributed by atoms with Gasteiger partial charge in [-0.15, -0.1) is 0 Å². The smallest absolute Gasteiger partial charge is 0.243 e. The Balaban J connectivity index is 1.17. The zero-order valence-electron chi connectivity index (χ0n) is 43.2. The highest BCUT2D eigenvalue weighted by atomic mass is 16.3. The van der Waals surface area contributed by atoms with Crippen LogP contribution in [0.2, 0.25) is 0 Å². The van der Waals surface area contributed by atoms with Crippen molar-refractivity contribution in [3.63, 3.8) is 0 Å². The third-order valence-electron chi connectivity index (χ3n) is 16.7. The number of benzene rings is 3. The van der Waals surface area contributed by atoms with Crippen molar-refractivity contribution in [2.24, 2.45) is 23.0 Å². The number of hydrogen-bond acceptors (Lipinski definition) is 10. The Morgan fingerprint density at radius 3 is 2.49 bits per heavy atom. The summed E-state index contributed by atoms with van der Waals surface area (Å²) < 4.78 is 0. The van der Waals surface area contributed by atoms with Gasteiger partial charge >= 0.3 is 0 Å². The van der Waals surface area contributed by atoms with Crippen molar-refractivity contribution in [3.8, 4) is 0 Å². The number of ketones is 1. The van der Waals surface area contributed by atoms with Gasteiger partial charge in [0, 0.05) is 30.3 Å². The van der Waals surface area contributed by atoms with Gasteiger partial charge in [-0.1, -0.05) is 122 Å². The molecule has 388 valence electrons. The van der Waals surface area contributed by atoms with Gasteiger partial charge in [0.15, 0.2) is 5.78 Å². The predicted octanol–water partition coefficient (Wildman–Crippen LogP) is 7.81. The molecule has 2 bridgehead atoms. The maximum Gasteiger partial charge on any atom is 0.243 e. The second kappa shape index (κ2) is 24.9. The number of hydrogen-bond donors (Lipinski definition) is 9. The van der Waals surface area contributed by atoms with Gasteiger partial charge in [0.1, 0.15) is 12.2 Å². The molecule has 2 fully saturated rings. The van der Waals surface area contributed by atoms with E-state index in [1.807, 2.05) is 74.5 Å². The number of aryl methyl sites for hydroxylation is 2. The quantitative estimate of drug-likeness (QED) is 0.0602. The summed E-state index contributed by atoms with van der Waals surface area (Å²) in [7, 11) is 0. The molecule has 1 spiro atoms. The minimum Gasteiger partial charge on any atom is -0.393 e. The van der Waals surface area contributed by atoms with Crippen LogP contribution in [0.5, 0.6) is 0 Å². The van der Waals surface area contributed by atoms with Gasteiger partial charge in [0.25, 0.3) is 0 Å². The van der Waals surface area contributed by atoms with Crippen LogP contribution < -0.4 is 21.7 Å². The molecule has 2 heterocycles. The van der Waals surface area contributed by atoms with Crippen molar-refractivity contribution in [1.29, 1.82) is 0 Å². The van der Waals surface area contributed by atoms with Gasteiger partial charge in [0.2, 0.25) is 5.91 Å². The summed E-state index contributed by atoms with van der Waals surface area (Å²) in [6.07, 6.45) is 12.6. The Kier molecular flexibility index (Phi) is 19.0. The van der Waals surface area contributed by atoms with E-state index in [1.165, 1.54) is 11.1 Å². The number of fused-ring (bicyclic) bond motifs is 4. The second-order valence-electron chi connectivity index (χ2n) is 21.5. The zero-order chi connectivity index (χ0) is 51.6. The third-order valence-corrected chi connectivity index (χ3v) is 16.7. The van der Waals surface area contributed by atoms with Crippen molar-refractivity contribution < 1.29 is 35.1 Å². The molecule has 11 nitrogen and oxygen atoms in total. The van der Waals surface area contributed by atoms with Crippen molar-refractivity contribution in [3.05, 3.63) is 165 Å². The third kappa shape index (κ3) is 12.7. The number of allylic oxidation sites excluding steroid dienone is 5. The number of carbonyl (C=O) groups excluding carboxylic acids is 2. The maximum absolute atomic E-state index is 14.8. The summed E-state index contributed by atoms with van der Waals surface area (Å²) >= 11 is 0. The minimum absolute atomic E-state index is 0.00783. The number of aliphatic hydroxyl groups is 5. The van der Waals surface area contributed by atoms with Gasteiger partial charge in [-0.3, -0.25) is 14.9 Å². The number of nitrogens with one attached hydrogen (secondary N) is 3. The highest BCUT2D eigenvalue weighted by Gasteiger charge is 2.64. The van der Waals surface area contributed by atoms with Crippen LogP contribution in [0.4, 0.5) is 0 Å². The van der Waals surface area contributed by atoms with Crippen LogP contribution in [0.15, 0.2) is 132 Å². The minimum atomic E-state index is -1.34. The second-order valence-corrected chi connectivity index (χ2v) is 21.5. The molecule has 3 aromatic rings. The van der Waals surface area contributed by atoms with Crippen LogP contribution in [0.3, 0.4) is 0 Å². The molecule has 2 saturated carbocycles. The molecule has 0 saturated heterocycles.